The average Bonchev–Trinajstić information content (AvgIpc) is 1.81. The van der Waals surface area contributed by atoms with Gasteiger partial charge in [-0.05, 0) is 13.8 Å². The van der Waals surface area contributed by atoms with Crippen molar-refractivity contribution in [2.24, 2.45) is 0 Å². The van der Waals surface area contributed by atoms with Gasteiger partial charge in [-0.3, -0.25) is 0 Å². The summed E-state index contributed by atoms with van der Waals surface area (Å²) >= 11 is 11.4. The minimum Gasteiger partial charge on any atom is -0.213 e. The van der Waals surface area contributed by atoms with E-state index in [0.717, 1.165) is 6.26 Å². The normalized spacial score (nSPS) is 17.4. The van der Waals surface area contributed by atoms with Crippen molar-refractivity contribution < 1.29 is 8.42 Å². The van der Waals surface area contributed by atoms with Crippen molar-refractivity contribution in [2.45, 2.75) is 24.6 Å². The Bertz CT molecular complexity index is 229. The van der Waals surface area contributed by atoms with Crippen LogP contribution >= 0.6 is 23.2 Å². The molecule has 0 aliphatic rings. The van der Waals surface area contributed by atoms with Crippen LogP contribution in [0.3, 0.4) is 0 Å². The number of halogens is 2. The molecule has 0 saturated heterocycles. The highest BCUT2D eigenvalue weighted by molar-refractivity contribution is 7.88. The van der Waals surface area contributed by atoms with E-state index in [1.165, 1.54) is 4.31 Å². The van der Waals surface area contributed by atoms with Gasteiger partial charge in [-0.25, -0.2) is 8.42 Å². The predicted octanol–water partition coefficient (Wildman–Crippen LogP) is 1.50. The summed E-state index contributed by atoms with van der Waals surface area (Å²) in [7, 11) is -3.19. The van der Waals surface area contributed by atoms with E-state index in [-0.39, 0.29) is 10.8 Å². The molecule has 0 aromatic carbocycles. The molecule has 0 aromatic heterocycles. The SMILES string of the molecule is CC(Cl)CN(CC(C)Cl)S(C)(=O)=O. The summed E-state index contributed by atoms with van der Waals surface area (Å²) in [6.45, 7) is 4.10. The molecule has 2 unspecified atom stereocenters. The molecular formula is C7H15Cl2NO2S. The van der Waals surface area contributed by atoms with E-state index in [9.17, 15) is 8.42 Å². The first-order valence-corrected chi connectivity index (χ1v) is 6.69. The van der Waals surface area contributed by atoms with Crippen LogP contribution in [0.1, 0.15) is 13.8 Å². The van der Waals surface area contributed by atoms with Gasteiger partial charge in [0.1, 0.15) is 0 Å². The molecule has 0 rings (SSSR count). The van der Waals surface area contributed by atoms with Crippen molar-refractivity contribution >= 4 is 33.2 Å². The third-order valence-corrected chi connectivity index (χ3v) is 2.89. The molecular weight excluding hydrogens is 233 g/mol. The largest absolute Gasteiger partial charge is 0.213 e. The number of hydrogen-bond donors (Lipinski definition) is 0. The summed E-state index contributed by atoms with van der Waals surface area (Å²) in [4.78, 5) is 0. The number of hydrogen-bond acceptors (Lipinski definition) is 2. The first-order valence-electron chi connectivity index (χ1n) is 3.96. The third kappa shape index (κ3) is 6.55. The first kappa shape index (κ1) is 13.5. The van der Waals surface area contributed by atoms with Crippen LogP contribution in [0.4, 0.5) is 0 Å². The van der Waals surface area contributed by atoms with Crippen LogP contribution < -0.4 is 0 Å². The Balaban J connectivity index is 4.39. The molecule has 2 atom stereocenters. The monoisotopic (exact) mass is 247 g/mol. The lowest BCUT2D eigenvalue weighted by Crippen LogP contribution is -2.37. The summed E-state index contributed by atoms with van der Waals surface area (Å²) in [5.74, 6) is 0. The Morgan fingerprint density at radius 1 is 1.15 bits per heavy atom. The molecule has 0 bridgehead atoms. The van der Waals surface area contributed by atoms with Gasteiger partial charge < -0.3 is 0 Å². The molecule has 0 saturated carbocycles. The van der Waals surface area contributed by atoms with Gasteiger partial charge in [0, 0.05) is 23.8 Å². The molecule has 0 aromatic rings. The van der Waals surface area contributed by atoms with Gasteiger partial charge in [-0.2, -0.15) is 4.31 Å². The highest BCUT2D eigenvalue weighted by Crippen LogP contribution is 2.07. The number of sulfonamides is 1. The lowest BCUT2D eigenvalue weighted by Gasteiger charge is -2.21. The molecule has 0 radical (unpaired) electrons. The van der Waals surface area contributed by atoms with Gasteiger partial charge in [0.05, 0.1) is 6.26 Å². The van der Waals surface area contributed by atoms with Crippen LogP contribution in [0.5, 0.6) is 0 Å². The zero-order chi connectivity index (χ0) is 10.6. The van der Waals surface area contributed by atoms with E-state index < -0.39 is 10.0 Å². The molecule has 0 spiro atoms. The Morgan fingerprint density at radius 3 is 1.62 bits per heavy atom. The maximum Gasteiger partial charge on any atom is 0.211 e. The molecule has 80 valence electrons. The summed E-state index contributed by atoms with van der Waals surface area (Å²) in [6.07, 6.45) is 1.16. The van der Waals surface area contributed by atoms with Crippen LogP contribution in [-0.4, -0.2) is 42.8 Å². The third-order valence-electron chi connectivity index (χ3n) is 1.38. The highest BCUT2D eigenvalue weighted by Gasteiger charge is 2.19. The lowest BCUT2D eigenvalue weighted by molar-refractivity contribution is 0.418. The second kappa shape index (κ2) is 5.39. The maximum atomic E-state index is 11.2. The van der Waals surface area contributed by atoms with Crippen molar-refractivity contribution in [3.63, 3.8) is 0 Å². The Kier molecular flexibility index (Phi) is 5.59. The van der Waals surface area contributed by atoms with Gasteiger partial charge in [0.25, 0.3) is 0 Å². The van der Waals surface area contributed by atoms with E-state index in [4.69, 9.17) is 23.2 Å². The summed E-state index contributed by atoms with van der Waals surface area (Å²) in [6, 6.07) is 0. The highest BCUT2D eigenvalue weighted by atomic mass is 35.5. The van der Waals surface area contributed by atoms with E-state index in [1.807, 2.05) is 0 Å². The zero-order valence-electron chi connectivity index (χ0n) is 8.00. The standard InChI is InChI=1S/C7H15Cl2NO2S/c1-6(8)4-10(5-7(2)9)13(3,11)12/h6-7H,4-5H2,1-3H3. The van der Waals surface area contributed by atoms with Crippen LogP contribution in [0, 0.1) is 0 Å². The minimum atomic E-state index is -3.19. The quantitative estimate of drug-likeness (QED) is 0.691. The van der Waals surface area contributed by atoms with Crippen LogP contribution in [0.2, 0.25) is 0 Å². The predicted molar refractivity (Wildman–Crippen MR) is 57.0 cm³/mol. The molecule has 0 aliphatic carbocycles. The molecule has 0 heterocycles. The average molecular weight is 248 g/mol. The van der Waals surface area contributed by atoms with Gasteiger partial charge in [0.15, 0.2) is 0 Å². The van der Waals surface area contributed by atoms with Gasteiger partial charge in [0.2, 0.25) is 10.0 Å². The Morgan fingerprint density at radius 2 is 1.46 bits per heavy atom. The van der Waals surface area contributed by atoms with Crippen LogP contribution in [-0.2, 0) is 10.0 Å². The zero-order valence-corrected chi connectivity index (χ0v) is 10.3. The molecule has 6 heteroatoms. The fourth-order valence-corrected chi connectivity index (χ4v) is 2.39. The number of nitrogens with zero attached hydrogens (tertiary/aromatic N) is 1. The molecule has 0 amide bonds. The van der Waals surface area contributed by atoms with Crippen molar-refractivity contribution in [1.82, 2.24) is 4.31 Å². The fourth-order valence-electron chi connectivity index (χ4n) is 0.907. The fraction of sp³-hybridized carbons (Fsp3) is 1.00. The molecule has 3 nitrogen and oxygen atoms in total. The van der Waals surface area contributed by atoms with E-state index in [1.54, 1.807) is 13.8 Å². The number of alkyl halides is 2. The molecule has 13 heavy (non-hydrogen) atoms. The first-order chi connectivity index (χ1) is 5.73. The molecule has 0 N–H and O–H groups in total. The topological polar surface area (TPSA) is 37.4 Å². The van der Waals surface area contributed by atoms with Gasteiger partial charge in [-0.1, -0.05) is 0 Å². The van der Waals surface area contributed by atoms with Crippen LogP contribution in [0.25, 0.3) is 0 Å². The Labute approximate surface area is 90.1 Å². The van der Waals surface area contributed by atoms with Crippen LogP contribution in [0.15, 0.2) is 0 Å². The maximum absolute atomic E-state index is 11.2. The summed E-state index contributed by atoms with van der Waals surface area (Å²) in [5, 5.41) is -0.407. The van der Waals surface area contributed by atoms with Crippen molar-refractivity contribution in [3.05, 3.63) is 0 Å². The van der Waals surface area contributed by atoms with Crippen molar-refractivity contribution in [1.29, 1.82) is 0 Å². The van der Waals surface area contributed by atoms with Crippen molar-refractivity contribution in [2.75, 3.05) is 19.3 Å². The number of rotatable bonds is 5. The summed E-state index contributed by atoms with van der Waals surface area (Å²) in [5.41, 5.74) is 0. The molecule has 0 fully saturated rings. The van der Waals surface area contributed by atoms with Crippen molar-refractivity contribution in [3.8, 4) is 0 Å². The lowest BCUT2D eigenvalue weighted by atomic mass is 10.4. The minimum absolute atomic E-state index is 0.204. The molecule has 0 aliphatic heterocycles. The Hall–Kier alpha value is 0.490. The van der Waals surface area contributed by atoms with Gasteiger partial charge >= 0.3 is 0 Å². The summed E-state index contributed by atoms with van der Waals surface area (Å²) < 4.78 is 23.7. The van der Waals surface area contributed by atoms with E-state index >= 15 is 0 Å². The second-order valence-corrected chi connectivity index (χ2v) is 6.61. The van der Waals surface area contributed by atoms with E-state index in [0.29, 0.717) is 13.1 Å². The van der Waals surface area contributed by atoms with Gasteiger partial charge in [-0.15, -0.1) is 23.2 Å². The van der Waals surface area contributed by atoms with E-state index in [2.05, 4.69) is 0 Å². The smallest absolute Gasteiger partial charge is 0.211 e. The second-order valence-electron chi connectivity index (χ2n) is 3.14.